The lowest BCUT2D eigenvalue weighted by molar-refractivity contribution is 0.0564. The highest BCUT2D eigenvalue weighted by molar-refractivity contribution is 6.00. The number of aromatic nitrogens is 2. The monoisotopic (exact) mass is 316 g/mol. The summed E-state index contributed by atoms with van der Waals surface area (Å²) in [6.45, 7) is 8.95. The molecule has 124 valence electrons. The summed E-state index contributed by atoms with van der Waals surface area (Å²) < 4.78 is 7.14. The first kappa shape index (κ1) is 15.8. The smallest absolute Gasteiger partial charge is 0.323 e. The molecule has 0 bridgehead atoms. The summed E-state index contributed by atoms with van der Waals surface area (Å²) in [5.74, 6) is 0.616. The summed E-state index contributed by atoms with van der Waals surface area (Å²) >= 11 is 0. The number of urea groups is 1. The second kappa shape index (κ2) is 5.85. The summed E-state index contributed by atoms with van der Waals surface area (Å²) in [5, 5.41) is 8.45. The van der Waals surface area contributed by atoms with Crippen LogP contribution in [-0.2, 0) is 17.2 Å². The van der Waals surface area contributed by atoms with Gasteiger partial charge in [-0.2, -0.15) is 5.10 Å². The van der Waals surface area contributed by atoms with Crippen LogP contribution in [0.15, 0.2) is 18.2 Å². The molecule has 6 heteroatoms. The fourth-order valence-corrected chi connectivity index (χ4v) is 2.98. The average Bonchev–Trinajstić information content (AvgIpc) is 2.83. The molecule has 0 saturated carbocycles. The predicted octanol–water partition coefficient (Wildman–Crippen LogP) is 2.73. The number of carbonyl (C=O) groups is 1. The van der Waals surface area contributed by atoms with Crippen LogP contribution in [-0.4, -0.2) is 47.0 Å². The molecular formula is C17H24N4O2. The third-order valence-corrected chi connectivity index (χ3v) is 4.20. The number of hydrogen-bond donors (Lipinski definition) is 1. The highest BCUT2D eigenvalue weighted by atomic mass is 16.5. The van der Waals surface area contributed by atoms with Crippen LogP contribution in [0, 0.1) is 0 Å². The normalized spacial score (nSPS) is 15.9. The van der Waals surface area contributed by atoms with Gasteiger partial charge in [0.25, 0.3) is 0 Å². The molecule has 0 radical (unpaired) electrons. The van der Waals surface area contributed by atoms with Crippen LogP contribution in [0.4, 0.5) is 10.6 Å². The number of para-hydroxylation sites is 1. The highest BCUT2D eigenvalue weighted by Crippen LogP contribution is 2.32. The Morgan fingerprint density at radius 3 is 2.61 bits per heavy atom. The van der Waals surface area contributed by atoms with Crippen molar-refractivity contribution in [2.75, 3.05) is 31.6 Å². The van der Waals surface area contributed by atoms with Crippen LogP contribution in [0.3, 0.4) is 0 Å². The molecule has 2 aromatic rings. The fraction of sp³-hybridized carbons (Fsp3) is 0.529. The molecule has 1 aromatic carbocycles. The van der Waals surface area contributed by atoms with Gasteiger partial charge in [-0.25, -0.2) is 4.79 Å². The van der Waals surface area contributed by atoms with Gasteiger partial charge in [-0.1, -0.05) is 32.9 Å². The third-order valence-electron chi connectivity index (χ3n) is 4.20. The zero-order valence-corrected chi connectivity index (χ0v) is 14.2. The maximum Gasteiger partial charge on any atom is 0.323 e. The van der Waals surface area contributed by atoms with Gasteiger partial charge in [-0.3, -0.25) is 10.00 Å². The second-order valence-electron chi connectivity index (χ2n) is 6.95. The van der Waals surface area contributed by atoms with Crippen LogP contribution in [0.2, 0.25) is 0 Å². The summed E-state index contributed by atoms with van der Waals surface area (Å²) in [6, 6.07) is 6.04. The molecule has 0 unspecified atom stereocenters. The molecule has 0 spiro atoms. The molecule has 23 heavy (non-hydrogen) atoms. The molecule has 1 aromatic heterocycles. The van der Waals surface area contributed by atoms with E-state index in [1.165, 1.54) is 5.56 Å². The van der Waals surface area contributed by atoms with Crippen molar-refractivity contribution in [1.82, 2.24) is 14.7 Å². The lowest BCUT2D eigenvalue weighted by Gasteiger charge is -2.26. The van der Waals surface area contributed by atoms with Gasteiger partial charge in [0.1, 0.15) is 0 Å². The molecule has 2 amide bonds. The van der Waals surface area contributed by atoms with Crippen LogP contribution >= 0.6 is 0 Å². The molecule has 2 heterocycles. The van der Waals surface area contributed by atoms with E-state index in [1.54, 1.807) is 4.90 Å². The second-order valence-corrected chi connectivity index (χ2v) is 6.95. The Morgan fingerprint density at radius 1 is 1.26 bits per heavy atom. The lowest BCUT2D eigenvalue weighted by atomic mass is 9.85. The number of carbonyl (C=O) groups excluding carboxylic acids is 1. The Bertz CT molecular complexity index is 724. The highest BCUT2D eigenvalue weighted by Gasteiger charge is 2.23. The number of nitrogens with zero attached hydrogens (tertiary/aromatic N) is 3. The summed E-state index contributed by atoms with van der Waals surface area (Å²) in [7, 11) is 1.92. The number of rotatable bonds is 1. The van der Waals surface area contributed by atoms with Gasteiger partial charge < -0.3 is 9.64 Å². The topological polar surface area (TPSA) is 59.4 Å². The van der Waals surface area contributed by atoms with Gasteiger partial charge in [-0.15, -0.1) is 0 Å². The Labute approximate surface area is 136 Å². The van der Waals surface area contributed by atoms with Gasteiger partial charge in [0.15, 0.2) is 5.82 Å². The summed E-state index contributed by atoms with van der Waals surface area (Å²) in [6.07, 6.45) is 0. The van der Waals surface area contributed by atoms with Crippen molar-refractivity contribution < 1.29 is 9.53 Å². The van der Waals surface area contributed by atoms with Crippen molar-refractivity contribution >= 4 is 22.8 Å². The van der Waals surface area contributed by atoms with Gasteiger partial charge in [0.05, 0.1) is 18.7 Å². The van der Waals surface area contributed by atoms with E-state index in [-0.39, 0.29) is 11.4 Å². The van der Waals surface area contributed by atoms with E-state index in [9.17, 15) is 4.79 Å². The van der Waals surface area contributed by atoms with Crippen LogP contribution in [0.5, 0.6) is 0 Å². The number of amides is 2. The van der Waals surface area contributed by atoms with Crippen molar-refractivity contribution in [3.8, 4) is 0 Å². The van der Waals surface area contributed by atoms with E-state index >= 15 is 0 Å². The minimum absolute atomic E-state index is 0.0127. The Balaban J connectivity index is 1.95. The Hall–Kier alpha value is -2.08. The maximum absolute atomic E-state index is 12.4. The zero-order valence-electron chi connectivity index (χ0n) is 14.2. The van der Waals surface area contributed by atoms with Crippen LogP contribution in [0.1, 0.15) is 26.3 Å². The number of morpholine rings is 1. The van der Waals surface area contributed by atoms with E-state index < -0.39 is 0 Å². The number of ether oxygens (including phenoxy) is 1. The Kier molecular flexibility index (Phi) is 4.02. The number of benzene rings is 1. The van der Waals surface area contributed by atoms with Crippen molar-refractivity contribution in [2.24, 2.45) is 7.05 Å². The standard InChI is InChI=1S/C17H24N4O2/c1-17(2,3)13-7-5-6-12-14(13)20(4)19-15(12)18-16(22)21-8-10-23-11-9-21/h5-7H,8-11H2,1-4H3,(H,18,19,22). The zero-order chi connectivity index (χ0) is 16.6. The van der Waals surface area contributed by atoms with Crippen molar-refractivity contribution in [3.05, 3.63) is 23.8 Å². The van der Waals surface area contributed by atoms with Gasteiger partial charge in [-0.05, 0) is 17.0 Å². The largest absolute Gasteiger partial charge is 0.378 e. The number of fused-ring (bicyclic) bond motifs is 1. The lowest BCUT2D eigenvalue weighted by Crippen LogP contribution is -2.43. The number of anilines is 1. The van der Waals surface area contributed by atoms with E-state index in [1.807, 2.05) is 23.9 Å². The average molecular weight is 316 g/mol. The van der Waals surface area contributed by atoms with Gasteiger partial charge >= 0.3 is 6.03 Å². The molecule has 1 saturated heterocycles. The summed E-state index contributed by atoms with van der Waals surface area (Å²) in [5.41, 5.74) is 2.30. The van der Waals surface area contributed by atoms with Gasteiger partial charge in [0, 0.05) is 25.5 Å². The summed E-state index contributed by atoms with van der Waals surface area (Å²) in [4.78, 5) is 14.2. The van der Waals surface area contributed by atoms with Crippen molar-refractivity contribution in [2.45, 2.75) is 26.2 Å². The molecule has 1 aliphatic heterocycles. The molecular weight excluding hydrogens is 292 g/mol. The first-order chi connectivity index (χ1) is 10.9. The SMILES string of the molecule is Cn1nc(NC(=O)N2CCOCC2)c2cccc(C(C)(C)C)c21. The molecule has 1 N–H and O–H groups in total. The van der Waals surface area contributed by atoms with Crippen LogP contribution in [0.25, 0.3) is 10.9 Å². The number of nitrogens with one attached hydrogen (secondary N) is 1. The minimum atomic E-state index is -0.116. The molecule has 1 aliphatic rings. The van der Waals surface area contributed by atoms with Crippen LogP contribution < -0.4 is 5.32 Å². The molecule has 0 aliphatic carbocycles. The minimum Gasteiger partial charge on any atom is -0.378 e. The van der Waals surface area contributed by atoms with Crippen molar-refractivity contribution in [3.63, 3.8) is 0 Å². The molecule has 3 rings (SSSR count). The number of aryl methyl sites for hydroxylation is 1. The fourth-order valence-electron chi connectivity index (χ4n) is 2.98. The molecule has 0 atom stereocenters. The first-order valence-corrected chi connectivity index (χ1v) is 7.98. The third kappa shape index (κ3) is 3.03. The van der Waals surface area contributed by atoms with E-state index in [4.69, 9.17) is 4.74 Å². The molecule has 6 nitrogen and oxygen atoms in total. The van der Waals surface area contributed by atoms with Crippen molar-refractivity contribution in [1.29, 1.82) is 0 Å². The first-order valence-electron chi connectivity index (χ1n) is 7.98. The van der Waals surface area contributed by atoms with E-state index in [0.717, 1.165) is 10.9 Å². The number of hydrogen-bond acceptors (Lipinski definition) is 3. The van der Waals surface area contributed by atoms with Gasteiger partial charge in [0.2, 0.25) is 0 Å². The van der Waals surface area contributed by atoms with E-state index in [0.29, 0.717) is 32.1 Å². The predicted molar refractivity (Wildman–Crippen MR) is 90.8 cm³/mol. The Morgan fingerprint density at radius 2 is 1.96 bits per heavy atom. The van der Waals surface area contributed by atoms with E-state index in [2.05, 4.69) is 37.3 Å². The quantitative estimate of drug-likeness (QED) is 0.880. The maximum atomic E-state index is 12.4. The molecule has 1 fully saturated rings.